The Hall–Kier alpha value is -0.750. The summed E-state index contributed by atoms with van der Waals surface area (Å²) in [5.74, 6) is -1.20. The number of esters is 1. The van der Waals surface area contributed by atoms with Gasteiger partial charge in [-0.25, -0.2) is 4.79 Å². The van der Waals surface area contributed by atoms with Crippen molar-refractivity contribution < 1.29 is 24.5 Å². The lowest BCUT2D eigenvalue weighted by Crippen LogP contribution is -2.06. The second-order valence-electron chi connectivity index (χ2n) is 5.11. The molecule has 2 N–H and O–H groups in total. The third-order valence-electron chi connectivity index (χ3n) is 3.03. The van der Waals surface area contributed by atoms with E-state index in [2.05, 4.69) is 19.6 Å². The Morgan fingerprint density at radius 2 is 1.32 bits per heavy atom. The molecule has 0 aromatic carbocycles. The third-order valence-corrected chi connectivity index (χ3v) is 3.28. The van der Waals surface area contributed by atoms with Gasteiger partial charge in [-0.15, -0.1) is 0 Å². The number of ether oxygens (including phenoxy) is 1. The standard InChI is InChI=1S/C14H28O2S.C2H4O3/c1-2-3-4-5-6-7-8-9-10-11-12-16-14(15)13-17;3-1-2(4)5/h17H,2-13H2,1H3;3H,1H2,(H,4,5). The number of carboxylic acids is 1. The van der Waals surface area contributed by atoms with Gasteiger partial charge in [-0.3, -0.25) is 4.79 Å². The van der Waals surface area contributed by atoms with Crippen LogP contribution in [0.15, 0.2) is 0 Å². The highest BCUT2D eigenvalue weighted by molar-refractivity contribution is 7.81. The molecule has 0 rings (SSSR count). The van der Waals surface area contributed by atoms with Crippen molar-refractivity contribution in [3.05, 3.63) is 0 Å². The monoisotopic (exact) mass is 336 g/mol. The molecule has 0 unspecified atom stereocenters. The average molecular weight is 336 g/mol. The van der Waals surface area contributed by atoms with E-state index in [1.807, 2.05) is 0 Å². The van der Waals surface area contributed by atoms with Gasteiger partial charge in [0.25, 0.3) is 0 Å². The maximum Gasteiger partial charge on any atom is 0.329 e. The van der Waals surface area contributed by atoms with E-state index < -0.39 is 12.6 Å². The topological polar surface area (TPSA) is 83.8 Å². The van der Waals surface area contributed by atoms with E-state index in [1.54, 1.807) is 0 Å². The van der Waals surface area contributed by atoms with Crippen molar-refractivity contribution in [3.63, 3.8) is 0 Å². The van der Waals surface area contributed by atoms with E-state index in [-0.39, 0.29) is 11.7 Å². The Bertz CT molecular complexity index is 259. The second kappa shape index (κ2) is 20.2. The number of aliphatic hydroxyl groups is 1. The van der Waals surface area contributed by atoms with Crippen LogP contribution in [0.1, 0.15) is 71.1 Å². The highest BCUT2D eigenvalue weighted by Crippen LogP contribution is 2.10. The summed E-state index contributed by atoms with van der Waals surface area (Å²) in [5, 5.41) is 15.0. The Morgan fingerprint density at radius 3 is 1.68 bits per heavy atom. The molecular weight excluding hydrogens is 304 g/mol. The zero-order valence-electron chi connectivity index (χ0n) is 13.8. The lowest BCUT2D eigenvalue weighted by Gasteiger charge is -2.03. The van der Waals surface area contributed by atoms with Crippen molar-refractivity contribution in [2.24, 2.45) is 0 Å². The van der Waals surface area contributed by atoms with Crippen molar-refractivity contribution in [1.82, 2.24) is 0 Å². The molecule has 0 aliphatic heterocycles. The summed E-state index contributed by atoms with van der Waals surface area (Å²) in [7, 11) is 0. The maximum absolute atomic E-state index is 10.8. The third kappa shape index (κ3) is 24.3. The first kappa shape index (κ1) is 23.5. The summed E-state index contributed by atoms with van der Waals surface area (Å²) in [4.78, 5) is 19.9. The zero-order valence-corrected chi connectivity index (χ0v) is 14.7. The first-order chi connectivity index (χ1) is 10.6. The van der Waals surface area contributed by atoms with E-state index in [9.17, 15) is 4.79 Å². The second-order valence-corrected chi connectivity index (χ2v) is 5.43. The van der Waals surface area contributed by atoms with Gasteiger partial charge in [0.2, 0.25) is 0 Å². The molecule has 0 saturated heterocycles. The molecule has 22 heavy (non-hydrogen) atoms. The van der Waals surface area contributed by atoms with Gasteiger partial charge < -0.3 is 14.9 Å². The van der Waals surface area contributed by atoms with Crippen LogP contribution in [0, 0.1) is 0 Å². The highest BCUT2D eigenvalue weighted by atomic mass is 32.1. The predicted octanol–water partition coefficient (Wildman–Crippen LogP) is 3.44. The number of carbonyl (C=O) groups excluding carboxylic acids is 1. The van der Waals surface area contributed by atoms with Gasteiger partial charge >= 0.3 is 11.9 Å². The van der Waals surface area contributed by atoms with Crippen LogP contribution in [0.25, 0.3) is 0 Å². The molecular formula is C16H32O5S. The average Bonchev–Trinajstić information content (AvgIpc) is 2.52. The van der Waals surface area contributed by atoms with Crippen molar-refractivity contribution >= 4 is 24.6 Å². The molecule has 0 aromatic heterocycles. The smallest absolute Gasteiger partial charge is 0.329 e. The number of thiol groups is 1. The Balaban J connectivity index is 0. The lowest BCUT2D eigenvalue weighted by molar-refractivity contribution is -0.141. The molecule has 0 saturated carbocycles. The van der Waals surface area contributed by atoms with Gasteiger partial charge in [-0.05, 0) is 6.42 Å². The van der Waals surface area contributed by atoms with Crippen LogP contribution in [0.2, 0.25) is 0 Å². The van der Waals surface area contributed by atoms with E-state index in [1.165, 1.54) is 57.8 Å². The maximum atomic E-state index is 10.8. The van der Waals surface area contributed by atoms with E-state index in [4.69, 9.17) is 19.7 Å². The molecule has 0 heterocycles. The quantitative estimate of drug-likeness (QED) is 0.272. The fraction of sp³-hybridized carbons (Fsp3) is 0.875. The number of carboxylic acid groups (broad SMARTS) is 1. The molecule has 6 heteroatoms. The van der Waals surface area contributed by atoms with Crippen LogP contribution in [0.3, 0.4) is 0 Å². The first-order valence-corrected chi connectivity index (χ1v) is 8.80. The number of unbranched alkanes of at least 4 members (excludes halogenated alkanes) is 9. The summed E-state index contributed by atoms with van der Waals surface area (Å²) in [6, 6.07) is 0. The van der Waals surface area contributed by atoms with Crippen molar-refractivity contribution in [1.29, 1.82) is 0 Å². The Kier molecular flexibility index (Phi) is 21.6. The van der Waals surface area contributed by atoms with Crippen LogP contribution < -0.4 is 0 Å². The minimum Gasteiger partial charge on any atom is -0.480 e. The van der Waals surface area contributed by atoms with Gasteiger partial charge in [-0.2, -0.15) is 12.6 Å². The summed E-state index contributed by atoms with van der Waals surface area (Å²) in [6.45, 7) is 2.04. The molecule has 0 aliphatic rings. The molecule has 0 spiro atoms. The molecule has 0 aliphatic carbocycles. The van der Waals surface area contributed by atoms with Crippen LogP contribution in [0.4, 0.5) is 0 Å². The summed E-state index contributed by atoms with van der Waals surface area (Å²) in [5.41, 5.74) is 0. The normalized spacial score (nSPS) is 9.77. The minimum absolute atomic E-state index is 0.192. The lowest BCUT2D eigenvalue weighted by atomic mass is 10.1. The van der Waals surface area contributed by atoms with Crippen molar-refractivity contribution in [3.8, 4) is 0 Å². The van der Waals surface area contributed by atoms with Crippen LogP contribution in [-0.2, 0) is 14.3 Å². The molecule has 0 fully saturated rings. The minimum atomic E-state index is -1.19. The molecule has 0 radical (unpaired) electrons. The molecule has 5 nitrogen and oxygen atoms in total. The Morgan fingerprint density at radius 1 is 0.909 bits per heavy atom. The molecule has 0 bridgehead atoms. The van der Waals surface area contributed by atoms with Gasteiger partial charge in [0, 0.05) is 0 Å². The largest absolute Gasteiger partial charge is 0.480 e. The fourth-order valence-corrected chi connectivity index (χ4v) is 1.91. The Labute approximate surface area is 139 Å². The fourth-order valence-electron chi connectivity index (χ4n) is 1.82. The number of hydrogen-bond donors (Lipinski definition) is 3. The first-order valence-electron chi connectivity index (χ1n) is 8.17. The van der Waals surface area contributed by atoms with Gasteiger partial charge in [-0.1, -0.05) is 64.7 Å². The molecule has 0 amide bonds. The number of carbonyl (C=O) groups is 2. The SMILES string of the molecule is CCCCCCCCCCCCOC(=O)CS.O=C(O)CO. The summed E-state index contributed by atoms with van der Waals surface area (Å²) >= 11 is 3.85. The molecule has 132 valence electrons. The van der Waals surface area contributed by atoms with E-state index in [0.29, 0.717) is 6.61 Å². The predicted molar refractivity (Wildman–Crippen MR) is 91.4 cm³/mol. The number of hydrogen-bond acceptors (Lipinski definition) is 5. The summed E-state index contributed by atoms with van der Waals surface area (Å²) in [6.07, 6.45) is 13.0. The van der Waals surface area contributed by atoms with Gasteiger partial charge in [0.05, 0.1) is 12.4 Å². The molecule has 0 aromatic rings. The number of rotatable bonds is 13. The van der Waals surface area contributed by atoms with E-state index in [0.717, 1.165) is 6.42 Å². The van der Waals surface area contributed by atoms with Crippen molar-refractivity contribution in [2.45, 2.75) is 71.1 Å². The van der Waals surface area contributed by atoms with Crippen molar-refractivity contribution in [2.75, 3.05) is 19.0 Å². The van der Waals surface area contributed by atoms with E-state index >= 15 is 0 Å². The number of aliphatic hydroxyl groups excluding tert-OH is 1. The zero-order chi connectivity index (χ0) is 17.1. The van der Waals surface area contributed by atoms with Crippen LogP contribution in [0.5, 0.6) is 0 Å². The van der Waals surface area contributed by atoms with Gasteiger partial charge in [0.1, 0.15) is 6.61 Å². The number of aliphatic carboxylic acids is 1. The molecule has 0 atom stereocenters. The summed E-state index contributed by atoms with van der Waals surface area (Å²) < 4.78 is 4.95. The highest BCUT2D eigenvalue weighted by Gasteiger charge is 1.97. The van der Waals surface area contributed by atoms with Crippen LogP contribution in [-0.4, -0.2) is 41.1 Å². The van der Waals surface area contributed by atoms with Gasteiger partial charge in [0.15, 0.2) is 0 Å². The van der Waals surface area contributed by atoms with Crippen LogP contribution >= 0.6 is 12.6 Å².